The molecule has 3 rings (SSSR count). The van der Waals surface area contributed by atoms with Gasteiger partial charge >= 0.3 is 6.09 Å². The Hall–Kier alpha value is -1.96. The summed E-state index contributed by atoms with van der Waals surface area (Å²) in [6.07, 6.45) is 2.88. The normalized spacial score (nSPS) is 17.6. The summed E-state index contributed by atoms with van der Waals surface area (Å²) in [5.74, 6) is 0.674. The van der Waals surface area contributed by atoms with E-state index in [-0.39, 0.29) is 0 Å². The molecule has 2 aromatic rings. The second-order valence-corrected chi connectivity index (χ2v) is 5.40. The van der Waals surface area contributed by atoms with Crippen molar-refractivity contribution in [3.8, 4) is 5.82 Å². The first-order chi connectivity index (χ1) is 9.65. The molecule has 1 atom stereocenters. The lowest BCUT2D eigenvalue weighted by atomic mass is 9.98. The van der Waals surface area contributed by atoms with Gasteiger partial charge in [0.25, 0.3) is 0 Å². The highest BCUT2D eigenvalue weighted by atomic mass is 79.9. The highest BCUT2D eigenvalue weighted by molar-refractivity contribution is 9.10. The number of carbonyl (C=O) groups excluding carboxylic acids is 1. The summed E-state index contributed by atoms with van der Waals surface area (Å²) in [4.78, 5) is 15.2. The fourth-order valence-corrected chi connectivity index (χ4v) is 2.66. The van der Waals surface area contributed by atoms with Gasteiger partial charge in [0.2, 0.25) is 0 Å². The van der Waals surface area contributed by atoms with Crippen molar-refractivity contribution >= 4 is 22.0 Å². The number of nitrogens with two attached hydrogens (primary N) is 1. The van der Waals surface area contributed by atoms with E-state index in [0.717, 1.165) is 23.0 Å². The number of pyridine rings is 1. The van der Waals surface area contributed by atoms with Crippen molar-refractivity contribution in [3.63, 3.8) is 0 Å². The molecule has 0 aliphatic heterocycles. The molecule has 2 aromatic heterocycles. The molecule has 1 aliphatic rings. The van der Waals surface area contributed by atoms with E-state index in [2.05, 4.69) is 31.2 Å². The van der Waals surface area contributed by atoms with Gasteiger partial charge in [-0.05, 0) is 31.4 Å². The topological polar surface area (TPSA) is 95.9 Å². The van der Waals surface area contributed by atoms with Crippen LogP contribution in [0, 0.1) is 0 Å². The number of primary amides is 1. The van der Waals surface area contributed by atoms with Gasteiger partial charge in [-0.1, -0.05) is 21.1 Å². The van der Waals surface area contributed by atoms with Crippen LogP contribution in [0.5, 0.6) is 0 Å². The monoisotopic (exact) mass is 337 g/mol. The molecule has 8 heteroatoms. The van der Waals surface area contributed by atoms with Crippen molar-refractivity contribution in [1.29, 1.82) is 0 Å². The molecule has 104 valence electrons. The first-order valence-electron chi connectivity index (χ1n) is 6.17. The zero-order chi connectivity index (χ0) is 14.1. The van der Waals surface area contributed by atoms with Crippen LogP contribution in [0.15, 0.2) is 22.8 Å². The Balaban J connectivity index is 2.00. The van der Waals surface area contributed by atoms with E-state index in [1.165, 1.54) is 0 Å². The molecular weight excluding hydrogens is 326 g/mol. The molecule has 0 saturated carbocycles. The van der Waals surface area contributed by atoms with Crippen LogP contribution in [0.1, 0.15) is 30.3 Å². The second kappa shape index (κ2) is 5.20. The third-order valence-corrected chi connectivity index (χ3v) is 3.65. The smallest absolute Gasteiger partial charge is 0.405 e. The van der Waals surface area contributed by atoms with E-state index in [1.54, 1.807) is 10.9 Å². The van der Waals surface area contributed by atoms with E-state index < -0.39 is 12.2 Å². The molecule has 0 radical (unpaired) electrons. The molecule has 0 bridgehead atoms. The van der Waals surface area contributed by atoms with Crippen LogP contribution >= 0.6 is 15.9 Å². The number of carbonyl (C=O) groups is 1. The van der Waals surface area contributed by atoms with E-state index in [0.29, 0.717) is 17.9 Å². The zero-order valence-corrected chi connectivity index (χ0v) is 12.1. The highest BCUT2D eigenvalue weighted by Crippen LogP contribution is 2.31. The minimum Gasteiger partial charge on any atom is -0.440 e. The highest BCUT2D eigenvalue weighted by Gasteiger charge is 2.29. The summed E-state index contributed by atoms with van der Waals surface area (Å²) >= 11 is 3.40. The van der Waals surface area contributed by atoms with Gasteiger partial charge in [-0.15, -0.1) is 5.10 Å². The van der Waals surface area contributed by atoms with Crippen LogP contribution in [0.25, 0.3) is 5.82 Å². The Morgan fingerprint density at radius 3 is 3.15 bits per heavy atom. The van der Waals surface area contributed by atoms with Crippen LogP contribution in [0.2, 0.25) is 0 Å². The van der Waals surface area contributed by atoms with Gasteiger partial charge in [0.05, 0.1) is 5.69 Å². The molecule has 0 aromatic carbocycles. The standard InChI is InChI=1S/C12H12BrN5O2/c13-7-4-5-15-10(6-7)18-8-2-1-3-9(20-12(14)19)11(8)16-17-18/h4-6,9H,1-3H2,(H2,14,19). The van der Waals surface area contributed by atoms with E-state index in [4.69, 9.17) is 10.5 Å². The predicted octanol–water partition coefficient (Wildman–Crippen LogP) is 1.90. The van der Waals surface area contributed by atoms with Gasteiger partial charge < -0.3 is 10.5 Å². The second-order valence-electron chi connectivity index (χ2n) is 4.48. The number of halogens is 1. The van der Waals surface area contributed by atoms with Gasteiger partial charge in [-0.3, -0.25) is 0 Å². The summed E-state index contributed by atoms with van der Waals surface area (Å²) in [5.41, 5.74) is 6.66. The molecule has 2 heterocycles. The fourth-order valence-electron chi connectivity index (χ4n) is 2.34. The predicted molar refractivity (Wildman–Crippen MR) is 73.2 cm³/mol. The van der Waals surface area contributed by atoms with Crippen LogP contribution in [0.4, 0.5) is 4.79 Å². The molecule has 1 aliphatic carbocycles. The van der Waals surface area contributed by atoms with Gasteiger partial charge in [-0.2, -0.15) is 4.68 Å². The summed E-state index contributed by atoms with van der Waals surface area (Å²) in [6.45, 7) is 0. The number of ether oxygens (including phenoxy) is 1. The Bertz CT molecular complexity index is 657. The van der Waals surface area contributed by atoms with Gasteiger partial charge in [0, 0.05) is 10.7 Å². The van der Waals surface area contributed by atoms with Crippen molar-refractivity contribution < 1.29 is 9.53 Å². The van der Waals surface area contributed by atoms with E-state index in [1.807, 2.05) is 12.1 Å². The number of rotatable bonds is 2. The summed E-state index contributed by atoms with van der Waals surface area (Å²) in [6, 6.07) is 3.69. The lowest BCUT2D eigenvalue weighted by Gasteiger charge is -2.20. The van der Waals surface area contributed by atoms with Gasteiger partial charge in [0.1, 0.15) is 11.8 Å². The lowest BCUT2D eigenvalue weighted by molar-refractivity contribution is 0.0931. The average Bonchev–Trinajstić information content (AvgIpc) is 2.83. The molecule has 20 heavy (non-hydrogen) atoms. The van der Waals surface area contributed by atoms with Crippen molar-refractivity contribution in [2.24, 2.45) is 5.73 Å². The van der Waals surface area contributed by atoms with Crippen molar-refractivity contribution in [3.05, 3.63) is 34.2 Å². The SMILES string of the molecule is NC(=O)OC1CCCc2c1nnn2-c1cc(Br)ccn1. The third kappa shape index (κ3) is 2.38. The maximum absolute atomic E-state index is 10.9. The Kier molecular flexibility index (Phi) is 3.39. The number of fused-ring (bicyclic) bond motifs is 1. The van der Waals surface area contributed by atoms with Crippen molar-refractivity contribution in [2.75, 3.05) is 0 Å². The fraction of sp³-hybridized carbons (Fsp3) is 0.333. The largest absolute Gasteiger partial charge is 0.440 e. The molecule has 0 fully saturated rings. The van der Waals surface area contributed by atoms with Crippen LogP contribution in [-0.2, 0) is 11.2 Å². The van der Waals surface area contributed by atoms with Crippen molar-refractivity contribution in [1.82, 2.24) is 20.0 Å². The average molecular weight is 338 g/mol. The minimum atomic E-state index is -0.794. The molecule has 0 spiro atoms. The first-order valence-corrected chi connectivity index (χ1v) is 6.97. The number of hydrogen-bond donors (Lipinski definition) is 1. The molecular formula is C12H12BrN5O2. The molecule has 0 saturated heterocycles. The molecule has 7 nitrogen and oxygen atoms in total. The maximum Gasteiger partial charge on any atom is 0.405 e. The number of aromatic nitrogens is 4. The van der Waals surface area contributed by atoms with Crippen LogP contribution < -0.4 is 5.73 Å². The molecule has 2 N–H and O–H groups in total. The Labute approximate surface area is 123 Å². The van der Waals surface area contributed by atoms with Gasteiger partial charge in [0.15, 0.2) is 5.82 Å². The third-order valence-electron chi connectivity index (χ3n) is 3.16. The van der Waals surface area contributed by atoms with Gasteiger partial charge in [-0.25, -0.2) is 9.78 Å². The molecule has 1 unspecified atom stereocenters. The van der Waals surface area contributed by atoms with Crippen LogP contribution in [0.3, 0.4) is 0 Å². The summed E-state index contributed by atoms with van der Waals surface area (Å²) in [7, 11) is 0. The Morgan fingerprint density at radius 1 is 1.55 bits per heavy atom. The zero-order valence-electron chi connectivity index (χ0n) is 10.5. The minimum absolute atomic E-state index is 0.419. The number of nitrogens with zero attached hydrogens (tertiary/aromatic N) is 4. The Morgan fingerprint density at radius 2 is 2.40 bits per heavy atom. The summed E-state index contributed by atoms with van der Waals surface area (Å²) in [5, 5.41) is 8.24. The first kappa shape index (κ1) is 13.0. The lowest BCUT2D eigenvalue weighted by Crippen LogP contribution is -2.21. The van der Waals surface area contributed by atoms with E-state index in [9.17, 15) is 4.79 Å². The van der Waals surface area contributed by atoms with Crippen molar-refractivity contribution in [2.45, 2.75) is 25.4 Å². The van der Waals surface area contributed by atoms with E-state index >= 15 is 0 Å². The number of hydrogen-bond acceptors (Lipinski definition) is 5. The quantitative estimate of drug-likeness (QED) is 0.902. The maximum atomic E-state index is 10.9. The van der Waals surface area contributed by atoms with Crippen LogP contribution in [-0.4, -0.2) is 26.1 Å². The number of amides is 1. The summed E-state index contributed by atoms with van der Waals surface area (Å²) < 4.78 is 7.67. The molecule has 1 amide bonds.